The summed E-state index contributed by atoms with van der Waals surface area (Å²) in [4.78, 5) is 20.1. The Bertz CT molecular complexity index is 558. The van der Waals surface area contributed by atoms with E-state index in [1.54, 1.807) is 25.6 Å². The van der Waals surface area contributed by atoms with Gasteiger partial charge < -0.3 is 15.4 Å². The first-order valence-electron chi connectivity index (χ1n) is 6.66. The van der Waals surface area contributed by atoms with Crippen molar-refractivity contribution in [3.05, 3.63) is 54.1 Å². The van der Waals surface area contributed by atoms with Gasteiger partial charge in [0.25, 0.3) is 5.91 Å². The number of anilines is 1. The quantitative estimate of drug-likeness (QED) is 0.754. The average molecular weight is 286 g/mol. The van der Waals surface area contributed by atoms with Crippen LogP contribution in [-0.4, -0.2) is 36.1 Å². The van der Waals surface area contributed by atoms with Gasteiger partial charge in [0.15, 0.2) is 0 Å². The number of amides is 1. The first kappa shape index (κ1) is 14.9. The molecule has 2 heterocycles. The highest BCUT2D eigenvalue weighted by Crippen LogP contribution is 2.07. The molecule has 0 spiro atoms. The molecule has 21 heavy (non-hydrogen) atoms. The summed E-state index contributed by atoms with van der Waals surface area (Å²) in [5.74, 6) is -0.205. The second kappa shape index (κ2) is 7.96. The van der Waals surface area contributed by atoms with E-state index in [1.165, 1.54) is 0 Å². The Hall–Kier alpha value is -2.47. The molecule has 2 aromatic heterocycles. The van der Waals surface area contributed by atoms with E-state index in [0.29, 0.717) is 25.4 Å². The van der Waals surface area contributed by atoms with Gasteiger partial charge in [-0.05, 0) is 24.3 Å². The molecular weight excluding hydrogens is 268 g/mol. The minimum Gasteiger partial charge on any atom is -0.383 e. The second-order valence-corrected chi connectivity index (χ2v) is 4.36. The molecular formula is C15H18N4O2. The average Bonchev–Trinajstić information content (AvgIpc) is 2.54. The van der Waals surface area contributed by atoms with Crippen LogP contribution in [-0.2, 0) is 11.3 Å². The van der Waals surface area contributed by atoms with Crippen LogP contribution in [0.4, 0.5) is 5.69 Å². The van der Waals surface area contributed by atoms with Crippen molar-refractivity contribution in [2.24, 2.45) is 0 Å². The van der Waals surface area contributed by atoms with Gasteiger partial charge in [0.2, 0.25) is 0 Å². The van der Waals surface area contributed by atoms with E-state index < -0.39 is 0 Å². The second-order valence-electron chi connectivity index (χ2n) is 4.36. The van der Waals surface area contributed by atoms with Crippen molar-refractivity contribution in [1.82, 2.24) is 15.3 Å². The van der Waals surface area contributed by atoms with Crippen LogP contribution in [0.5, 0.6) is 0 Å². The first-order valence-corrected chi connectivity index (χ1v) is 6.66. The number of carbonyl (C=O) groups excluding carboxylic acids is 1. The number of rotatable bonds is 7. The van der Waals surface area contributed by atoms with E-state index in [2.05, 4.69) is 20.6 Å². The molecule has 0 aliphatic rings. The summed E-state index contributed by atoms with van der Waals surface area (Å²) in [6.45, 7) is 1.56. The van der Waals surface area contributed by atoms with Gasteiger partial charge in [-0.2, -0.15) is 0 Å². The van der Waals surface area contributed by atoms with Gasteiger partial charge in [-0.15, -0.1) is 0 Å². The van der Waals surface area contributed by atoms with E-state index in [0.717, 1.165) is 11.4 Å². The van der Waals surface area contributed by atoms with E-state index in [-0.39, 0.29) is 5.91 Å². The highest BCUT2D eigenvalue weighted by atomic mass is 16.5. The molecule has 2 aromatic rings. The molecule has 6 heteroatoms. The first-order chi connectivity index (χ1) is 10.3. The van der Waals surface area contributed by atoms with Crippen molar-refractivity contribution >= 4 is 11.6 Å². The smallest absolute Gasteiger partial charge is 0.269 e. The number of ether oxygens (including phenoxy) is 1. The molecule has 6 nitrogen and oxygen atoms in total. The summed E-state index contributed by atoms with van der Waals surface area (Å²) < 4.78 is 4.87. The molecule has 0 unspecified atom stereocenters. The number of nitrogens with zero attached hydrogens (tertiary/aromatic N) is 2. The van der Waals surface area contributed by atoms with Gasteiger partial charge in [-0.1, -0.05) is 6.07 Å². The third kappa shape index (κ3) is 4.85. The number of nitrogens with one attached hydrogen (secondary N) is 2. The maximum Gasteiger partial charge on any atom is 0.269 e. The summed E-state index contributed by atoms with van der Waals surface area (Å²) in [7, 11) is 1.59. The van der Waals surface area contributed by atoms with Crippen LogP contribution in [0.3, 0.4) is 0 Å². The Morgan fingerprint density at radius 1 is 1.24 bits per heavy atom. The summed E-state index contributed by atoms with van der Waals surface area (Å²) in [6.07, 6.45) is 3.39. The number of pyridine rings is 2. The van der Waals surface area contributed by atoms with E-state index in [4.69, 9.17) is 4.74 Å². The monoisotopic (exact) mass is 286 g/mol. The van der Waals surface area contributed by atoms with Crippen LogP contribution in [0.1, 0.15) is 16.2 Å². The predicted octanol–water partition coefficient (Wildman–Crippen LogP) is 1.46. The lowest BCUT2D eigenvalue weighted by molar-refractivity contribution is 0.0932. The molecule has 110 valence electrons. The van der Waals surface area contributed by atoms with Gasteiger partial charge in [0, 0.05) is 19.9 Å². The standard InChI is InChI=1S/C15H18N4O2/c1-21-9-8-17-15(20)14-6-5-13(11-19-14)18-10-12-4-2-3-7-16-12/h2-7,11,18H,8-10H2,1H3,(H,17,20). The number of carbonyl (C=O) groups is 1. The lowest BCUT2D eigenvalue weighted by Crippen LogP contribution is -2.27. The Morgan fingerprint density at radius 2 is 2.14 bits per heavy atom. The fraction of sp³-hybridized carbons (Fsp3) is 0.267. The fourth-order valence-corrected chi connectivity index (χ4v) is 1.69. The van der Waals surface area contributed by atoms with Gasteiger partial charge in [0.05, 0.1) is 30.7 Å². The molecule has 2 rings (SSSR count). The minimum atomic E-state index is -0.205. The van der Waals surface area contributed by atoms with Crippen LogP contribution in [0, 0.1) is 0 Å². The Morgan fingerprint density at radius 3 is 2.81 bits per heavy atom. The Labute approximate surface area is 123 Å². The molecule has 0 fully saturated rings. The van der Waals surface area contributed by atoms with E-state index in [1.807, 2.05) is 24.3 Å². The van der Waals surface area contributed by atoms with Crippen LogP contribution in [0.15, 0.2) is 42.7 Å². The summed E-state index contributed by atoms with van der Waals surface area (Å²) in [6, 6.07) is 9.26. The maximum absolute atomic E-state index is 11.8. The lowest BCUT2D eigenvalue weighted by Gasteiger charge is -2.07. The molecule has 0 radical (unpaired) electrons. The van der Waals surface area contributed by atoms with Gasteiger partial charge in [0.1, 0.15) is 5.69 Å². The number of hydrogen-bond donors (Lipinski definition) is 2. The topological polar surface area (TPSA) is 76.1 Å². The normalized spacial score (nSPS) is 10.1. The molecule has 0 saturated carbocycles. The zero-order valence-electron chi connectivity index (χ0n) is 11.9. The summed E-state index contributed by atoms with van der Waals surface area (Å²) in [5, 5.41) is 5.92. The van der Waals surface area contributed by atoms with E-state index in [9.17, 15) is 4.79 Å². The van der Waals surface area contributed by atoms with Crippen LogP contribution >= 0.6 is 0 Å². The minimum absolute atomic E-state index is 0.205. The molecule has 2 N–H and O–H groups in total. The van der Waals surface area contributed by atoms with Crippen LogP contribution in [0.2, 0.25) is 0 Å². The predicted molar refractivity (Wildman–Crippen MR) is 80.0 cm³/mol. The third-order valence-corrected chi connectivity index (χ3v) is 2.79. The Kier molecular flexibility index (Phi) is 5.66. The van der Waals surface area contributed by atoms with Crippen molar-refractivity contribution < 1.29 is 9.53 Å². The summed E-state index contributed by atoms with van der Waals surface area (Å²) >= 11 is 0. The Balaban J connectivity index is 1.85. The third-order valence-electron chi connectivity index (χ3n) is 2.79. The number of hydrogen-bond acceptors (Lipinski definition) is 5. The number of aromatic nitrogens is 2. The van der Waals surface area contributed by atoms with E-state index >= 15 is 0 Å². The van der Waals surface area contributed by atoms with Gasteiger partial charge in [-0.3, -0.25) is 9.78 Å². The SMILES string of the molecule is COCCNC(=O)c1ccc(NCc2ccccn2)cn1. The van der Waals surface area contributed by atoms with Crippen molar-refractivity contribution in [2.45, 2.75) is 6.54 Å². The zero-order valence-corrected chi connectivity index (χ0v) is 11.9. The molecule has 0 aliphatic heterocycles. The van der Waals surface area contributed by atoms with Crippen LogP contribution in [0.25, 0.3) is 0 Å². The largest absolute Gasteiger partial charge is 0.383 e. The zero-order chi connectivity index (χ0) is 14.9. The number of methoxy groups -OCH3 is 1. The maximum atomic E-state index is 11.8. The molecule has 0 atom stereocenters. The molecule has 0 saturated heterocycles. The lowest BCUT2D eigenvalue weighted by atomic mass is 10.3. The van der Waals surface area contributed by atoms with Crippen molar-refractivity contribution in [2.75, 3.05) is 25.6 Å². The van der Waals surface area contributed by atoms with Gasteiger partial charge >= 0.3 is 0 Å². The van der Waals surface area contributed by atoms with Crippen LogP contribution < -0.4 is 10.6 Å². The molecule has 0 aromatic carbocycles. The highest BCUT2D eigenvalue weighted by Gasteiger charge is 2.06. The molecule has 0 bridgehead atoms. The molecule has 0 aliphatic carbocycles. The highest BCUT2D eigenvalue weighted by molar-refractivity contribution is 5.92. The van der Waals surface area contributed by atoms with Crippen molar-refractivity contribution in [3.8, 4) is 0 Å². The van der Waals surface area contributed by atoms with Gasteiger partial charge in [-0.25, -0.2) is 4.98 Å². The summed E-state index contributed by atoms with van der Waals surface area (Å²) in [5.41, 5.74) is 2.17. The fourth-order valence-electron chi connectivity index (χ4n) is 1.69. The molecule has 1 amide bonds. The van der Waals surface area contributed by atoms with Crippen molar-refractivity contribution in [1.29, 1.82) is 0 Å². The van der Waals surface area contributed by atoms with Crippen molar-refractivity contribution in [3.63, 3.8) is 0 Å².